The molecule has 1 aliphatic carbocycles. The highest BCUT2D eigenvalue weighted by atomic mass is 35.5. The van der Waals surface area contributed by atoms with Crippen LogP contribution in [0.5, 0.6) is 0 Å². The predicted molar refractivity (Wildman–Crippen MR) is 104 cm³/mol. The van der Waals surface area contributed by atoms with Gasteiger partial charge in [-0.3, -0.25) is 14.5 Å². The van der Waals surface area contributed by atoms with Gasteiger partial charge >= 0.3 is 0 Å². The van der Waals surface area contributed by atoms with Crippen LogP contribution in [0.3, 0.4) is 0 Å². The molecule has 0 radical (unpaired) electrons. The summed E-state index contributed by atoms with van der Waals surface area (Å²) in [5, 5.41) is 3.62. The zero-order chi connectivity index (χ0) is 18.5. The number of rotatable bonds is 4. The number of hydrogen-bond acceptors (Lipinski definition) is 3. The van der Waals surface area contributed by atoms with Crippen LogP contribution in [0.15, 0.2) is 18.2 Å². The molecule has 3 rings (SSSR count). The highest BCUT2D eigenvalue weighted by Gasteiger charge is 2.28. The fraction of sp³-hybridized carbons (Fsp3) is 0.600. The first-order valence-corrected chi connectivity index (χ1v) is 9.98. The summed E-state index contributed by atoms with van der Waals surface area (Å²) in [7, 11) is 0. The van der Waals surface area contributed by atoms with Gasteiger partial charge in [-0.2, -0.15) is 0 Å². The predicted octanol–water partition coefficient (Wildman–Crippen LogP) is 3.31. The lowest BCUT2D eigenvalue weighted by molar-refractivity contribution is -0.138. The van der Waals surface area contributed by atoms with E-state index in [4.69, 9.17) is 11.6 Å². The second kappa shape index (κ2) is 8.87. The number of nitrogens with one attached hydrogen (secondary N) is 1. The quantitative estimate of drug-likeness (QED) is 0.875. The summed E-state index contributed by atoms with van der Waals surface area (Å²) in [6.07, 6.45) is 5.71. The third kappa shape index (κ3) is 4.98. The van der Waals surface area contributed by atoms with Gasteiger partial charge in [0.15, 0.2) is 0 Å². The van der Waals surface area contributed by atoms with Gasteiger partial charge < -0.3 is 10.2 Å². The fourth-order valence-electron chi connectivity index (χ4n) is 3.89. The number of hydrogen-bond donors (Lipinski definition) is 1. The van der Waals surface area contributed by atoms with Crippen molar-refractivity contribution in [3.8, 4) is 0 Å². The Morgan fingerprint density at radius 3 is 2.46 bits per heavy atom. The summed E-state index contributed by atoms with van der Waals surface area (Å²) in [5.41, 5.74) is 1.75. The van der Waals surface area contributed by atoms with Gasteiger partial charge in [-0.15, -0.1) is 0 Å². The zero-order valence-electron chi connectivity index (χ0n) is 15.5. The number of halogens is 1. The van der Waals surface area contributed by atoms with Crippen LogP contribution in [0.1, 0.15) is 37.7 Å². The molecule has 0 spiro atoms. The third-order valence-electron chi connectivity index (χ3n) is 5.47. The van der Waals surface area contributed by atoms with E-state index in [9.17, 15) is 9.59 Å². The number of anilines is 1. The molecule has 1 heterocycles. The molecule has 0 unspecified atom stereocenters. The zero-order valence-corrected chi connectivity index (χ0v) is 16.2. The van der Waals surface area contributed by atoms with E-state index >= 15 is 0 Å². The first-order chi connectivity index (χ1) is 12.5. The van der Waals surface area contributed by atoms with Crippen molar-refractivity contribution in [3.63, 3.8) is 0 Å². The van der Waals surface area contributed by atoms with Gasteiger partial charge in [0.2, 0.25) is 11.8 Å². The molecule has 1 aromatic carbocycles. The molecular weight excluding hydrogens is 350 g/mol. The first-order valence-electron chi connectivity index (χ1n) is 9.60. The summed E-state index contributed by atoms with van der Waals surface area (Å²) in [6.45, 7) is 5.24. The minimum Gasteiger partial charge on any atom is -0.340 e. The van der Waals surface area contributed by atoms with Crippen LogP contribution in [0.4, 0.5) is 5.69 Å². The van der Waals surface area contributed by atoms with E-state index in [0.29, 0.717) is 17.5 Å². The molecule has 0 atom stereocenters. The van der Waals surface area contributed by atoms with Gasteiger partial charge in [-0.25, -0.2) is 0 Å². The van der Waals surface area contributed by atoms with E-state index in [0.717, 1.165) is 50.3 Å². The Labute approximate surface area is 160 Å². The Hall–Kier alpha value is -1.59. The maximum absolute atomic E-state index is 12.6. The molecule has 1 aliphatic heterocycles. The number of nitrogens with zero attached hydrogens (tertiary/aromatic N) is 2. The van der Waals surface area contributed by atoms with Crippen molar-refractivity contribution in [2.24, 2.45) is 5.92 Å². The summed E-state index contributed by atoms with van der Waals surface area (Å²) >= 11 is 5.95. The molecule has 1 saturated heterocycles. The Morgan fingerprint density at radius 1 is 1.12 bits per heavy atom. The van der Waals surface area contributed by atoms with Gasteiger partial charge in [0.1, 0.15) is 0 Å². The van der Waals surface area contributed by atoms with Crippen LogP contribution < -0.4 is 5.32 Å². The van der Waals surface area contributed by atoms with Crippen molar-refractivity contribution >= 4 is 29.1 Å². The average molecular weight is 378 g/mol. The van der Waals surface area contributed by atoms with Crippen LogP contribution in [0.2, 0.25) is 5.02 Å². The first kappa shape index (κ1) is 19.2. The lowest BCUT2D eigenvalue weighted by Gasteiger charge is -2.36. The summed E-state index contributed by atoms with van der Waals surface area (Å²) < 4.78 is 0. The number of carbonyl (C=O) groups excluding carboxylic acids is 2. The molecule has 2 amide bonds. The fourth-order valence-corrected chi connectivity index (χ4v) is 4.12. The van der Waals surface area contributed by atoms with Crippen LogP contribution >= 0.6 is 11.6 Å². The summed E-state index contributed by atoms with van der Waals surface area (Å²) in [6, 6.07) is 5.45. The van der Waals surface area contributed by atoms with Crippen LogP contribution in [-0.4, -0.2) is 54.3 Å². The molecule has 1 saturated carbocycles. The highest BCUT2D eigenvalue weighted by Crippen LogP contribution is 2.26. The van der Waals surface area contributed by atoms with E-state index in [1.54, 1.807) is 6.07 Å². The number of benzene rings is 1. The van der Waals surface area contributed by atoms with Crippen molar-refractivity contribution in [2.45, 2.75) is 39.0 Å². The lowest BCUT2D eigenvalue weighted by atomic mass is 9.88. The van der Waals surface area contributed by atoms with Crippen LogP contribution in [-0.2, 0) is 9.59 Å². The van der Waals surface area contributed by atoms with Crippen molar-refractivity contribution in [1.29, 1.82) is 0 Å². The van der Waals surface area contributed by atoms with Gasteiger partial charge in [0, 0.05) is 42.8 Å². The van der Waals surface area contributed by atoms with Crippen molar-refractivity contribution in [2.75, 3.05) is 38.0 Å². The van der Waals surface area contributed by atoms with E-state index in [2.05, 4.69) is 10.2 Å². The largest absolute Gasteiger partial charge is 0.340 e. The van der Waals surface area contributed by atoms with Crippen LogP contribution in [0.25, 0.3) is 0 Å². The molecule has 26 heavy (non-hydrogen) atoms. The Bertz CT molecular complexity index is 650. The highest BCUT2D eigenvalue weighted by molar-refractivity contribution is 6.30. The van der Waals surface area contributed by atoms with Gasteiger partial charge in [0.25, 0.3) is 0 Å². The SMILES string of the molecule is Cc1cc(Cl)ccc1NC(=O)CN1CCN(C(=O)C2CCCCC2)CC1. The number of aryl methyl sites for hydroxylation is 1. The molecule has 6 heteroatoms. The second-order valence-corrected chi connectivity index (χ2v) is 7.88. The molecule has 1 aromatic rings. The molecule has 5 nitrogen and oxygen atoms in total. The third-order valence-corrected chi connectivity index (χ3v) is 5.70. The number of piperazine rings is 1. The molecule has 2 aliphatic rings. The van der Waals surface area contributed by atoms with E-state index in [1.165, 1.54) is 19.3 Å². The minimum absolute atomic E-state index is 0.0255. The Kier molecular flexibility index (Phi) is 6.54. The minimum atomic E-state index is -0.0255. The van der Waals surface area contributed by atoms with E-state index in [-0.39, 0.29) is 11.8 Å². The average Bonchev–Trinajstić information content (AvgIpc) is 2.65. The molecule has 142 valence electrons. The number of carbonyl (C=O) groups is 2. The van der Waals surface area contributed by atoms with Gasteiger partial charge in [-0.05, 0) is 43.5 Å². The molecular formula is C20H28ClN3O2. The van der Waals surface area contributed by atoms with Crippen molar-refractivity contribution in [3.05, 3.63) is 28.8 Å². The standard InChI is InChI=1S/C20H28ClN3O2/c1-15-13-17(21)7-8-18(15)22-19(25)14-23-9-11-24(12-10-23)20(26)16-5-3-2-4-6-16/h7-8,13,16H,2-6,9-12,14H2,1H3,(H,22,25). The second-order valence-electron chi connectivity index (χ2n) is 7.44. The van der Waals surface area contributed by atoms with E-state index in [1.807, 2.05) is 24.0 Å². The maximum atomic E-state index is 12.6. The van der Waals surface area contributed by atoms with Gasteiger partial charge in [-0.1, -0.05) is 30.9 Å². The maximum Gasteiger partial charge on any atom is 0.238 e. The normalized spacial score (nSPS) is 19.4. The van der Waals surface area contributed by atoms with E-state index < -0.39 is 0 Å². The summed E-state index contributed by atoms with van der Waals surface area (Å²) in [5.74, 6) is 0.527. The number of amides is 2. The molecule has 0 aromatic heterocycles. The molecule has 2 fully saturated rings. The van der Waals surface area contributed by atoms with Crippen molar-refractivity contribution < 1.29 is 9.59 Å². The van der Waals surface area contributed by atoms with Gasteiger partial charge in [0.05, 0.1) is 6.54 Å². The Balaban J connectivity index is 1.44. The van der Waals surface area contributed by atoms with Crippen molar-refractivity contribution in [1.82, 2.24) is 9.80 Å². The molecule has 0 bridgehead atoms. The summed E-state index contributed by atoms with van der Waals surface area (Å²) in [4.78, 5) is 29.0. The van der Waals surface area contributed by atoms with Crippen LogP contribution in [0, 0.1) is 12.8 Å². The Morgan fingerprint density at radius 2 is 1.81 bits per heavy atom. The molecule has 1 N–H and O–H groups in total. The topological polar surface area (TPSA) is 52.7 Å². The lowest BCUT2D eigenvalue weighted by Crippen LogP contribution is -2.52. The smallest absolute Gasteiger partial charge is 0.238 e. The monoisotopic (exact) mass is 377 g/mol.